The lowest BCUT2D eigenvalue weighted by molar-refractivity contribution is -0.141. The molecule has 1 aromatic rings. The number of rotatable bonds is 2. The zero-order chi connectivity index (χ0) is 16.2. The van der Waals surface area contributed by atoms with Crippen molar-refractivity contribution in [3.63, 3.8) is 0 Å². The number of alkyl halides is 3. The number of anilines is 2. The zero-order valence-corrected chi connectivity index (χ0v) is 13.0. The summed E-state index contributed by atoms with van der Waals surface area (Å²) in [5.74, 6) is 0.138. The molecule has 2 rings (SSSR count). The summed E-state index contributed by atoms with van der Waals surface area (Å²) in [6.07, 6.45) is -0.460. The molecule has 0 atom stereocenters. The summed E-state index contributed by atoms with van der Waals surface area (Å²) >= 11 is 4.90. The van der Waals surface area contributed by atoms with Gasteiger partial charge in [-0.25, -0.2) is 4.98 Å². The molecule has 0 unspecified atom stereocenters. The second kappa shape index (κ2) is 7.08. The summed E-state index contributed by atoms with van der Waals surface area (Å²) < 4.78 is 39.1. The molecule has 2 heterocycles. The maximum absolute atomic E-state index is 13.0. The lowest BCUT2D eigenvalue weighted by atomic mass is 10.2. The van der Waals surface area contributed by atoms with E-state index in [1.807, 2.05) is 4.90 Å². The van der Waals surface area contributed by atoms with E-state index >= 15 is 0 Å². The molecule has 9 heteroatoms. The van der Waals surface area contributed by atoms with Crippen LogP contribution in [0.1, 0.15) is 31.4 Å². The largest absolute Gasteiger partial charge is 0.433 e. The Morgan fingerprint density at radius 1 is 1.18 bits per heavy atom. The fourth-order valence-corrected chi connectivity index (χ4v) is 2.35. The normalized spacial score (nSPS) is 16.1. The summed E-state index contributed by atoms with van der Waals surface area (Å²) in [7, 11) is 1.57. The van der Waals surface area contributed by atoms with Crippen LogP contribution in [0.5, 0.6) is 0 Å². The molecule has 0 radical (unpaired) electrons. The van der Waals surface area contributed by atoms with Gasteiger partial charge in [0.15, 0.2) is 10.8 Å². The van der Waals surface area contributed by atoms with E-state index in [0.717, 1.165) is 31.7 Å². The lowest BCUT2D eigenvalue weighted by Crippen LogP contribution is -2.29. The molecule has 0 aromatic carbocycles. The standard InChI is InChI=1S/C13H18F3N5S/c1-17-12(22)20-11-18-9(13(14,15)16)8-10(19-11)21-6-4-2-3-5-7-21/h8H,2-7H2,1H3,(H2,17,18,19,20,22). The van der Waals surface area contributed by atoms with Crippen LogP contribution in [0.25, 0.3) is 0 Å². The number of hydrogen-bond acceptors (Lipinski definition) is 4. The Bertz CT molecular complexity index is 527. The molecule has 0 amide bonds. The monoisotopic (exact) mass is 333 g/mol. The molecule has 0 spiro atoms. The van der Waals surface area contributed by atoms with Gasteiger partial charge in [0.1, 0.15) is 5.82 Å². The van der Waals surface area contributed by atoms with Crippen LogP contribution in [-0.4, -0.2) is 35.2 Å². The van der Waals surface area contributed by atoms with E-state index in [1.54, 1.807) is 7.05 Å². The van der Waals surface area contributed by atoms with Crippen molar-refractivity contribution in [2.75, 3.05) is 30.4 Å². The lowest BCUT2D eigenvalue weighted by Gasteiger charge is -2.23. The number of aromatic nitrogens is 2. The van der Waals surface area contributed by atoms with Gasteiger partial charge in [0.25, 0.3) is 0 Å². The van der Waals surface area contributed by atoms with Crippen molar-refractivity contribution in [3.05, 3.63) is 11.8 Å². The second-order valence-electron chi connectivity index (χ2n) is 5.04. The first kappa shape index (κ1) is 16.7. The van der Waals surface area contributed by atoms with E-state index in [4.69, 9.17) is 12.2 Å². The number of halogens is 3. The molecule has 1 saturated heterocycles. The average Bonchev–Trinajstić information content (AvgIpc) is 2.75. The number of hydrogen-bond donors (Lipinski definition) is 2. The van der Waals surface area contributed by atoms with Gasteiger partial charge in [-0.15, -0.1) is 0 Å². The molecular formula is C13H18F3N5S. The molecule has 2 N–H and O–H groups in total. The Kier molecular flexibility index (Phi) is 5.38. The number of nitrogens with zero attached hydrogens (tertiary/aromatic N) is 3. The summed E-state index contributed by atoms with van der Waals surface area (Å²) in [5.41, 5.74) is -0.969. The topological polar surface area (TPSA) is 53.1 Å². The molecule has 1 aliphatic rings. The van der Waals surface area contributed by atoms with E-state index in [9.17, 15) is 13.2 Å². The van der Waals surface area contributed by atoms with E-state index in [0.29, 0.717) is 13.1 Å². The molecule has 0 saturated carbocycles. The van der Waals surface area contributed by atoms with E-state index in [2.05, 4.69) is 20.6 Å². The summed E-state index contributed by atoms with van der Waals surface area (Å²) in [6, 6.07) is 0.999. The van der Waals surface area contributed by atoms with Crippen LogP contribution in [0.4, 0.5) is 24.9 Å². The minimum atomic E-state index is -4.53. The third-order valence-corrected chi connectivity index (χ3v) is 3.69. The van der Waals surface area contributed by atoms with Gasteiger partial charge in [0.05, 0.1) is 0 Å². The highest BCUT2D eigenvalue weighted by atomic mass is 32.1. The van der Waals surface area contributed by atoms with Crippen LogP contribution < -0.4 is 15.5 Å². The molecular weight excluding hydrogens is 315 g/mol. The van der Waals surface area contributed by atoms with Crippen molar-refractivity contribution in [1.82, 2.24) is 15.3 Å². The predicted octanol–water partition coefficient (Wildman–Crippen LogP) is 2.79. The Morgan fingerprint density at radius 3 is 2.36 bits per heavy atom. The van der Waals surface area contributed by atoms with Crippen LogP contribution in [-0.2, 0) is 6.18 Å². The molecule has 1 fully saturated rings. The molecule has 22 heavy (non-hydrogen) atoms. The van der Waals surface area contributed by atoms with E-state index in [-0.39, 0.29) is 16.9 Å². The summed E-state index contributed by atoms with van der Waals surface area (Å²) in [5, 5.41) is 5.36. The molecule has 122 valence electrons. The zero-order valence-electron chi connectivity index (χ0n) is 12.2. The van der Waals surface area contributed by atoms with Crippen molar-refractivity contribution >= 4 is 29.1 Å². The first-order valence-electron chi connectivity index (χ1n) is 7.10. The minimum absolute atomic E-state index is 0.145. The van der Waals surface area contributed by atoms with Gasteiger partial charge in [0.2, 0.25) is 5.95 Å². The highest BCUT2D eigenvalue weighted by molar-refractivity contribution is 7.80. The molecule has 0 aliphatic carbocycles. The highest BCUT2D eigenvalue weighted by Crippen LogP contribution is 2.31. The SMILES string of the molecule is CNC(=S)Nc1nc(N2CCCCCC2)cc(C(F)(F)F)n1. The van der Waals surface area contributed by atoms with Crippen LogP contribution in [0, 0.1) is 0 Å². The number of nitrogens with one attached hydrogen (secondary N) is 2. The molecule has 5 nitrogen and oxygen atoms in total. The molecule has 1 aromatic heterocycles. The van der Waals surface area contributed by atoms with Gasteiger partial charge in [-0.05, 0) is 25.1 Å². The van der Waals surface area contributed by atoms with Gasteiger partial charge in [0, 0.05) is 26.2 Å². The van der Waals surface area contributed by atoms with Gasteiger partial charge in [-0.1, -0.05) is 12.8 Å². The Hall–Kier alpha value is -1.64. The maximum atomic E-state index is 13.0. The second-order valence-corrected chi connectivity index (χ2v) is 5.45. The fraction of sp³-hybridized carbons (Fsp3) is 0.615. The molecule has 1 aliphatic heterocycles. The summed E-state index contributed by atoms with van der Waals surface area (Å²) in [4.78, 5) is 9.56. The summed E-state index contributed by atoms with van der Waals surface area (Å²) in [6.45, 7) is 1.40. The van der Waals surface area contributed by atoms with Gasteiger partial charge >= 0.3 is 6.18 Å². The Morgan fingerprint density at radius 2 is 1.82 bits per heavy atom. The smallest absolute Gasteiger partial charge is 0.365 e. The third kappa shape index (κ3) is 4.43. The van der Waals surface area contributed by atoms with Crippen molar-refractivity contribution in [1.29, 1.82) is 0 Å². The van der Waals surface area contributed by atoms with Crippen molar-refractivity contribution in [2.45, 2.75) is 31.9 Å². The first-order valence-corrected chi connectivity index (χ1v) is 7.51. The van der Waals surface area contributed by atoms with Crippen LogP contribution in [0.15, 0.2) is 6.07 Å². The number of thiocarbonyl (C=S) groups is 1. The van der Waals surface area contributed by atoms with Gasteiger partial charge in [-0.3, -0.25) is 0 Å². The van der Waals surface area contributed by atoms with Crippen molar-refractivity contribution in [2.24, 2.45) is 0 Å². The first-order chi connectivity index (χ1) is 10.4. The quantitative estimate of drug-likeness (QED) is 0.812. The maximum Gasteiger partial charge on any atom is 0.433 e. The highest BCUT2D eigenvalue weighted by Gasteiger charge is 2.34. The van der Waals surface area contributed by atoms with Gasteiger partial charge < -0.3 is 15.5 Å². The van der Waals surface area contributed by atoms with Gasteiger partial charge in [-0.2, -0.15) is 18.2 Å². The molecule has 0 bridgehead atoms. The van der Waals surface area contributed by atoms with E-state index in [1.165, 1.54) is 0 Å². The van der Waals surface area contributed by atoms with Crippen LogP contribution >= 0.6 is 12.2 Å². The van der Waals surface area contributed by atoms with E-state index < -0.39 is 11.9 Å². The Labute approximate surface area is 132 Å². The fourth-order valence-electron chi connectivity index (χ4n) is 2.26. The third-order valence-electron chi connectivity index (χ3n) is 3.39. The van der Waals surface area contributed by atoms with Crippen molar-refractivity contribution in [3.8, 4) is 0 Å². The minimum Gasteiger partial charge on any atom is -0.365 e. The van der Waals surface area contributed by atoms with Crippen LogP contribution in [0.2, 0.25) is 0 Å². The Balaban J connectivity index is 2.34. The average molecular weight is 333 g/mol. The van der Waals surface area contributed by atoms with Crippen molar-refractivity contribution < 1.29 is 13.2 Å². The predicted molar refractivity (Wildman–Crippen MR) is 83.0 cm³/mol. The van der Waals surface area contributed by atoms with Crippen LogP contribution in [0.3, 0.4) is 0 Å².